The van der Waals surface area contributed by atoms with E-state index in [4.69, 9.17) is 4.74 Å². The molecule has 0 radical (unpaired) electrons. The summed E-state index contributed by atoms with van der Waals surface area (Å²) in [5.41, 5.74) is 1.56. The van der Waals surface area contributed by atoms with E-state index in [2.05, 4.69) is 17.1 Å². The van der Waals surface area contributed by atoms with Crippen molar-refractivity contribution in [1.82, 2.24) is 15.1 Å². The van der Waals surface area contributed by atoms with Crippen LogP contribution in [0.4, 0.5) is 0 Å². The number of nitrogens with one attached hydrogen (secondary N) is 1. The van der Waals surface area contributed by atoms with Crippen molar-refractivity contribution >= 4 is 5.91 Å². The Balaban J connectivity index is 1.97. The third-order valence-corrected chi connectivity index (χ3v) is 3.44. The van der Waals surface area contributed by atoms with Crippen molar-refractivity contribution in [2.75, 3.05) is 19.7 Å². The maximum Gasteiger partial charge on any atom is 0.274 e. The normalized spacial score (nSPS) is 19.7. The molecule has 106 valence electrons. The fourth-order valence-corrected chi connectivity index (χ4v) is 2.52. The molecule has 1 saturated heterocycles. The molecule has 1 aliphatic rings. The first-order valence-electron chi connectivity index (χ1n) is 7.19. The highest BCUT2D eigenvalue weighted by Gasteiger charge is 2.25. The Morgan fingerprint density at radius 2 is 2.42 bits per heavy atom. The zero-order valence-electron chi connectivity index (χ0n) is 11.8. The molecule has 1 fully saturated rings. The van der Waals surface area contributed by atoms with Crippen LogP contribution >= 0.6 is 0 Å². The predicted molar refractivity (Wildman–Crippen MR) is 73.1 cm³/mol. The summed E-state index contributed by atoms with van der Waals surface area (Å²) in [6.07, 6.45) is 4.20. The van der Waals surface area contributed by atoms with Crippen LogP contribution < -0.4 is 0 Å². The average Bonchev–Trinajstić information content (AvgIpc) is 2.88. The zero-order valence-corrected chi connectivity index (χ0v) is 11.8. The van der Waals surface area contributed by atoms with E-state index in [0.29, 0.717) is 18.8 Å². The van der Waals surface area contributed by atoms with Crippen molar-refractivity contribution in [3.8, 4) is 0 Å². The quantitative estimate of drug-likeness (QED) is 0.886. The lowest BCUT2D eigenvalue weighted by atomic mass is 10.1. The van der Waals surface area contributed by atoms with Crippen LogP contribution in [0.1, 0.15) is 49.3 Å². The summed E-state index contributed by atoms with van der Waals surface area (Å²) in [5, 5.41) is 7.06. The van der Waals surface area contributed by atoms with Crippen LogP contribution in [-0.4, -0.2) is 46.8 Å². The van der Waals surface area contributed by atoms with E-state index in [1.807, 2.05) is 17.9 Å². The number of piperidine rings is 1. The Morgan fingerprint density at radius 3 is 3.16 bits per heavy atom. The minimum atomic E-state index is 0.0167. The van der Waals surface area contributed by atoms with Gasteiger partial charge < -0.3 is 9.64 Å². The van der Waals surface area contributed by atoms with E-state index < -0.39 is 0 Å². The van der Waals surface area contributed by atoms with Gasteiger partial charge in [-0.25, -0.2) is 0 Å². The summed E-state index contributed by atoms with van der Waals surface area (Å²) in [6.45, 7) is 6.29. The number of aryl methyl sites for hydroxylation is 1. The molecule has 5 nitrogen and oxygen atoms in total. The number of carbonyl (C=O) groups excluding carboxylic acids is 1. The van der Waals surface area contributed by atoms with Crippen molar-refractivity contribution in [3.63, 3.8) is 0 Å². The highest BCUT2D eigenvalue weighted by atomic mass is 16.5. The SMILES string of the molecule is CCCc1cc(C(=O)N2CCCC(OCC)C2)n[nH]1. The Morgan fingerprint density at radius 1 is 1.58 bits per heavy atom. The van der Waals surface area contributed by atoms with Crippen LogP contribution in [0.25, 0.3) is 0 Å². The lowest BCUT2D eigenvalue weighted by Crippen LogP contribution is -2.43. The molecule has 0 spiro atoms. The standard InChI is InChI=1S/C14H23N3O2/c1-3-6-11-9-13(16-15-11)14(18)17-8-5-7-12(10-17)19-4-2/h9,12H,3-8,10H2,1-2H3,(H,15,16). The fourth-order valence-electron chi connectivity index (χ4n) is 2.52. The molecule has 1 atom stereocenters. The maximum atomic E-state index is 12.4. The number of aromatic nitrogens is 2. The highest BCUT2D eigenvalue weighted by molar-refractivity contribution is 5.92. The first kappa shape index (κ1) is 14.1. The van der Waals surface area contributed by atoms with Gasteiger partial charge in [0.05, 0.1) is 6.10 Å². The summed E-state index contributed by atoms with van der Waals surface area (Å²) in [4.78, 5) is 14.2. The molecule has 5 heteroatoms. The average molecular weight is 265 g/mol. The number of amides is 1. The molecule has 19 heavy (non-hydrogen) atoms. The van der Waals surface area contributed by atoms with E-state index in [9.17, 15) is 4.79 Å². The molecule has 1 unspecified atom stereocenters. The number of hydrogen-bond acceptors (Lipinski definition) is 3. The molecule has 1 N–H and O–H groups in total. The van der Waals surface area contributed by atoms with Crippen LogP contribution in [0.5, 0.6) is 0 Å². The van der Waals surface area contributed by atoms with Gasteiger partial charge in [-0.15, -0.1) is 0 Å². The second-order valence-corrected chi connectivity index (χ2v) is 5.00. The molecule has 0 saturated carbocycles. The Labute approximate surface area is 114 Å². The molecule has 0 bridgehead atoms. The zero-order chi connectivity index (χ0) is 13.7. The first-order valence-corrected chi connectivity index (χ1v) is 7.19. The van der Waals surface area contributed by atoms with Gasteiger partial charge >= 0.3 is 0 Å². The molecule has 0 aliphatic carbocycles. The summed E-state index contributed by atoms with van der Waals surface area (Å²) in [7, 11) is 0. The molecule has 1 amide bonds. The van der Waals surface area contributed by atoms with Gasteiger partial charge in [0.15, 0.2) is 0 Å². The Hall–Kier alpha value is -1.36. The van der Waals surface area contributed by atoms with Crippen molar-refractivity contribution in [1.29, 1.82) is 0 Å². The minimum absolute atomic E-state index is 0.0167. The van der Waals surface area contributed by atoms with Gasteiger partial charge in [0.2, 0.25) is 0 Å². The monoisotopic (exact) mass is 265 g/mol. The molecule has 1 aromatic rings. The molecule has 2 heterocycles. The summed E-state index contributed by atoms with van der Waals surface area (Å²) in [5.74, 6) is 0.0167. The number of aromatic amines is 1. The number of likely N-dealkylation sites (tertiary alicyclic amines) is 1. The van der Waals surface area contributed by atoms with E-state index in [0.717, 1.165) is 37.9 Å². The molecular weight excluding hydrogens is 242 g/mol. The summed E-state index contributed by atoms with van der Waals surface area (Å²) >= 11 is 0. The number of carbonyl (C=O) groups is 1. The van der Waals surface area contributed by atoms with Crippen molar-refractivity contribution in [3.05, 3.63) is 17.5 Å². The van der Waals surface area contributed by atoms with Crippen LogP contribution in [0.2, 0.25) is 0 Å². The van der Waals surface area contributed by atoms with Crippen LogP contribution in [-0.2, 0) is 11.2 Å². The third-order valence-electron chi connectivity index (χ3n) is 3.44. The third kappa shape index (κ3) is 3.56. The first-order chi connectivity index (χ1) is 9.24. The van der Waals surface area contributed by atoms with Gasteiger partial charge in [0.1, 0.15) is 5.69 Å². The van der Waals surface area contributed by atoms with Crippen LogP contribution in [0.15, 0.2) is 6.07 Å². The van der Waals surface area contributed by atoms with Crippen molar-refractivity contribution in [2.45, 2.75) is 45.6 Å². The largest absolute Gasteiger partial charge is 0.377 e. The van der Waals surface area contributed by atoms with E-state index in [1.54, 1.807) is 0 Å². The molecule has 0 aromatic carbocycles. The Bertz CT molecular complexity index is 415. The van der Waals surface area contributed by atoms with E-state index >= 15 is 0 Å². The predicted octanol–water partition coefficient (Wildman–Crippen LogP) is 2.00. The number of H-pyrrole nitrogens is 1. The van der Waals surface area contributed by atoms with Gasteiger partial charge in [0, 0.05) is 25.4 Å². The smallest absolute Gasteiger partial charge is 0.274 e. The van der Waals surface area contributed by atoms with Gasteiger partial charge in [-0.1, -0.05) is 13.3 Å². The molecule has 1 aliphatic heterocycles. The lowest BCUT2D eigenvalue weighted by Gasteiger charge is -2.32. The number of hydrogen-bond donors (Lipinski definition) is 1. The summed E-state index contributed by atoms with van der Waals surface area (Å²) < 4.78 is 5.62. The maximum absolute atomic E-state index is 12.4. The van der Waals surface area contributed by atoms with Gasteiger partial charge in [-0.2, -0.15) is 5.10 Å². The molecular formula is C14H23N3O2. The second-order valence-electron chi connectivity index (χ2n) is 5.00. The second kappa shape index (κ2) is 6.70. The minimum Gasteiger partial charge on any atom is -0.377 e. The van der Waals surface area contributed by atoms with Crippen molar-refractivity contribution in [2.24, 2.45) is 0 Å². The van der Waals surface area contributed by atoms with Gasteiger partial charge in [-0.05, 0) is 32.3 Å². The lowest BCUT2D eigenvalue weighted by molar-refractivity contribution is 0.00703. The number of nitrogens with zero attached hydrogens (tertiary/aromatic N) is 2. The topological polar surface area (TPSA) is 58.2 Å². The van der Waals surface area contributed by atoms with Crippen LogP contribution in [0, 0.1) is 0 Å². The van der Waals surface area contributed by atoms with Crippen LogP contribution in [0.3, 0.4) is 0 Å². The van der Waals surface area contributed by atoms with Gasteiger partial charge in [-0.3, -0.25) is 9.89 Å². The van der Waals surface area contributed by atoms with E-state index in [1.165, 1.54) is 0 Å². The number of ether oxygens (including phenoxy) is 1. The van der Waals surface area contributed by atoms with E-state index in [-0.39, 0.29) is 12.0 Å². The summed E-state index contributed by atoms with van der Waals surface area (Å²) in [6, 6.07) is 1.87. The number of rotatable bonds is 5. The highest BCUT2D eigenvalue weighted by Crippen LogP contribution is 2.16. The van der Waals surface area contributed by atoms with Crippen molar-refractivity contribution < 1.29 is 9.53 Å². The van der Waals surface area contributed by atoms with Gasteiger partial charge in [0.25, 0.3) is 5.91 Å². The Kier molecular flexibility index (Phi) is 4.96. The molecule has 1 aromatic heterocycles. The molecule has 2 rings (SSSR count). The fraction of sp³-hybridized carbons (Fsp3) is 0.714.